The number of nitrogens with one attached hydrogen (secondary N) is 1. The zero-order valence-electron chi connectivity index (χ0n) is 12.3. The van der Waals surface area contributed by atoms with Crippen LogP contribution in [0.4, 0.5) is 0 Å². The molecule has 1 fully saturated rings. The van der Waals surface area contributed by atoms with Crippen molar-refractivity contribution in [2.45, 2.75) is 5.03 Å². The minimum absolute atomic E-state index is 0. The first kappa shape index (κ1) is 19.2. The third-order valence-electron chi connectivity index (χ3n) is 3.32. The van der Waals surface area contributed by atoms with Gasteiger partial charge in [-0.05, 0) is 0 Å². The van der Waals surface area contributed by atoms with E-state index in [9.17, 15) is 13.2 Å². The van der Waals surface area contributed by atoms with Gasteiger partial charge in [-0.1, -0.05) is 11.6 Å². The smallest absolute Gasteiger partial charge is 0.261 e. The molecule has 1 aromatic heterocycles. The number of carbonyl (C=O) groups excluding carboxylic acids is 1. The number of rotatable bonds is 4. The van der Waals surface area contributed by atoms with Crippen molar-refractivity contribution in [3.8, 4) is 0 Å². The number of piperazine rings is 1. The summed E-state index contributed by atoms with van der Waals surface area (Å²) in [7, 11) is -1.00. The lowest BCUT2D eigenvalue weighted by atomic mass is 10.3. The van der Waals surface area contributed by atoms with Crippen molar-refractivity contribution in [3.63, 3.8) is 0 Å². The lowest BCUT2D eigenvalue weighted by Crippen LogP contribution is -2.49. The molecule has 1 aliphatic rings. The number of sulfonamides is 1. The van der Waals surface area contributed by atoms with Crippen LogP contribution >= 0.6 is 24.0 Å². The molecule has 22 heavy (non-hydrogen) atoms. The molecule has 0 spiro atoms. The summed E-state index contributed by atoms with van der Waals surface area (Å²) in [5, 5.41) is 6.87. The van der Waals surface area contributed by atoms with Crippen LogP contribution < -0.4 is 5.32 Å². The number of nitrogens with zero attached hydrogens (tertiary/aromatic N) is 4. The summed E-state index contributed by atoms with van der Waals surface area (Å²) in [6.45, 7) is 2.38. The van der Waals surface area contributed by atoms with Crippen molar-refractivity contribution in [2.75, 3.05) is 39.8 Å². The molecular weight excluding hydrogens is 353 g/mol. The Bertz CT molecular complexity index is 608. The van der Waals surface area contributed by atoms with Gasteiger partial charge in [-0.25, -0.2) is 8.42 Å². The highest BCUT2D eigenvalue weighted by Crippen LogP contribution is 2.22. The summed E-state index contributed by atoms with van der Waals surface area (Å²) in [4.78, 5) is 13.8. The molecule has 2 heterocycles. The number of hydrogen-bond acceptors (Lipinski definition) is 5. The van der Waals surface area contributed by atoms with Crippen molar-refractivity contribution in [3.05, 3.63) is 11.2 Å². The average molecular weight is 372 g/mol. The van der Waals surface area contributed by atoms with Crippen molar-refractivity contribution in [1.82, 2.24) is 24.3 Å². The van der Waals surface area contributed by atoms with Gasteiger partial charge in [0, 0.05) is 40.3 Å². The number of aryl methyl sites for hydroxylation is 1. The molecule has 0 aliphatic carbocycles. The van der Waals surface area contributed by atoms with E-state index in [0.717, 1.165) is 17.4 Å². The van der Waals surface area contributed by atoms with E-state index in [1.54, 1.807) is 4.90 Å². The molecule has 1 saturated heterocycles. The summed E-state index contributed by atoms with van der Waals surface area (Å²) in [6.07, 6.45) is 1.26. The maximum atomic E-state index is 12.5. The Morgan fingerprint density at radius 1 is 1.45 bits per heavy atom. The Labute approximate surface area is 140 Å². The van der Waals surface area contributed by atoms with Gasteiger partial charge in [0.05, 0.1) is 17.8 Å². The van der Waals surface area contributed by atoms with E-state index < -0.39 is 10.0 Å². The highest BCUT2D eigenvalue weighted by Gasteiger charge is 2.30. The molecule has 2 rings (SSSR count). The van der Waals surface area contributed by atoms with Crippen LogP contribution in [0, 0.1) is 0 Å². The third-order valence-corrected chi connectivity index (χ3v) is 5.64. The SMILES string of the molecule is CN(CC(=O)N1CCNCC1)S(=O)(=O)c1c(Cl)cnn1C.Cl. The minimum Gasteiger partial charge on any atom is -0.339 e. The first-order chi connectivity index (χ1) is 9.84. The van der Waals surface area contributed by atoms with Crippen molar-refractivity contribution in [2.24, 2.45) is 7.05 Å². The lowest BCUT2D eigenvalue weighted by Gasteiger charge is -2.29. The normalized spacial score (nSPS) is 15.7. The largest absolute Gasteiger partial charge is 0.339 e. The first-order valence-electron chi connectivity index (χ1n) is 6.46. The number of amides is 1. The highest BCUT2D eigenvalue weighted by atomic mass is 35.5. The zero-order valence-corrected chi connectivity index (χ0v) is 14.7. The number of halogens is 2. The second-order valence-corrected chi connectivity index (χ2v) is 7.18. The summed E-state index contributed by atoms with van der Waals surface area (Å²) in [6, 6.07) is 0. The standard InChI is InChI=1S/C11H18ClN5O3S.ClH/c1-15(8-10(18)17-5-3-13-4-6-17)21(19,20)11-9(12)7-14-16(11)2;/h7,13H,3-6,8H2,1-2H3;1H. The fraction of sp³-hybridized carbons (Fsp3) is 0.636. The zero-order chi connectivity index (χ0) is 15.6. The Morgan fingerprint density at radius 3 is 2.55 bits per heavy atom. The highest BCUT2D eigenvalue weighted by molar-refractivity contribution is 7.89. The van der Waals surface area contributed by atoms with Crippen LogP contribution in [0.1, 0.15) is 0 Å². The van der Waals surface area contributed by atoms with E-state index in [-0.39, 0.29) is 34.9 Å². The fourth-order valence-corrected chi connectivity index (χ4v) is 3.84. The van der Waals surface area contributed by atoms with Crippen LogP contribution in [0.5, 0.6) is 0 Å². The van der Waals surface area contributed by atoms with Gasteiger partial charge in [0.1, 0.15) is 0 Å². The van der Waals surface area contributed by atoms with Gasteiger partial charge >= 0.3 is 0 Å². The van der Waals surface area contributed by atoms with E-state index in [1.165, 1.54) is 25.0 Å². The quantitative estimate of drug-likeness (QED) is 0.774. The van der Waals surface area contributed by atoms with Crippen molar-refractivity contribution in [1.29, 1.82) is 0 Å². The number of likely N-dealkylation sites (N-methyl/N-ethyl adjacent to an activating group) is 1. The average Bonchev–Trinajstić information content (AvgIpc) is 2.79. The molecule has 126 valence electrons. The van der Waals surface area contributed by atoms with Gasteiger partial charge in [0.25, 0.3) is 10.0 Å². The molecular formula is C11H19Cl2N5O3S. The number of carbonyl (C=O) groups is 1. The van der Waals surface area contributed by atoms with E-state index in [4.69, 9.17) is 11.6 Å². The summed E-state index contributed by atoms with van der Waals surface area (Å²) in [5.41, 5.74) is 0. The molecule has 8 nitrogen and oxygen atoms in total. The van der Waals surface area contributed by atoms with Gasteiger partial charge in [-0.15, -0.1) is 12.4 Å². The van der Waals surface area contributed by atoms with Crippen LogP contribution in [0.15, 0.2) is 11.2 Å². The number of aromatic nitrogens is 2. The van der Waals surface area contributed by atoms with E-state index in [0.29, 0.717) is 13.1 Å². The molecule has 0 bridgehead atoms. The van der Waals surface area contributed by atoms with E-state index in [2.05, 4.69) is 10.4 Å². The predicted octanol–water partition coefficient (Wildman–Crippen LogP) is -0.452. The van der Waals surface area contributed by atoms with Crippen LogP contribution in [0.25, 0.3) is 0 Å². The van der Waals surface area contributed by atoms with Gasteiger partial charge in [0.2, 0.25) is 5.91 Å². The molecule has 1 N–H and O–H groups in total. The Kier molecular flexibility index (Phi) is 6.63. The summed E-state index contributed by atoms with van der Waals surface area (Å²) in [5.74, 6) is -0.221. The Morgan fingerprint density at radius 2 is 2.05 bits per heavy atom. The van der Waals surface area contributed by atoms with Gasteiger partial charge in [-0.3, -0.25) is 9.48 Å². The second-order valence-electron chi connectivity index (χ2n) is 4.81. The number of hydrogen-bond donors (Lipinski definition) is 1. The van der Waals surface area contributed by atoms with Crippen molar-refractivity contribution >= 4 is 39.9 Å². The Balaban J connectivity index is 0.00000242. The van der Waals surface area contributed by atoms with E-state index >= 15 is 0 Å². The molecule has 1 amide bonds. The van der Waals surface area contributed by atoms with Crippen LogP contribution in [-0.4, -0.2) is 73.1 Å². The van der Waals surface area contributed by atoms with Crippen LogP contribution in [0.3, 0.4) is 0 Å². The van der Waals surface area contributed by atoms with Gasteiger partial charge in [0.15, 0.2) is 5.03 Å². The van der Waals surface area contributed by atoms with Crippen molar-refractivity contribution < 1.29 is 13.2 Å². The van der Waals surface area contributed by atoms with Crippen LogP contribution in [0.2, 0.25) is 5.02 Å². The first-order valence-corrected chi connectivity index (χ1v) is 8.28. The molecule has 0 aromatic carbocycles. The van der Waals surface area contributed by atoms with Gasteiger partial charge < -0.3 is 10.2 Å². The molecule has 0 radical (unpaired) electrons. The minimum atomic E-state index is -3.85. The van der Waals surface area contributed by atoms with Gasteiger partial charge in [-0.2, -0.15) is 9.40 Å². The summed E-state index contributed by atoms with van der Waals surface area (Å²) < 4.78 is 27.1. The monoisotopic (exact) mass is 371 g/mol. The summed E-state index contributed by atoms with van der Waals surface area (Å²) >= 11 is 5.87. The molecule has 1 aromatic rings. The van der Waals surface area contributed by atoms with Crippen LogP contribution in [-0.2, 0) is 21.9 Å². The lowest BCUT2D eigenvalue weighted by molar-refractivity contribution is -0.131. The maximum Gasteiger partial charge on any atom is 0.261 e. The molecule has 1 aliphatic heterocycles. The molecule has 0 saturated carbocycles. The Hall–Kier alpha value is -0.870. The second kappa shape index (κ2) is 7.60. The predicted molar refractivity (Wildman–Crippen MR) is 84.7 cm³/mol. The third kappa shape index (κ3) is 3.90. The molecule has 0 unspecified atom stereocenters. The fourth-order valence-electron chi connectivity index (χ4n) is 2.13. The molecule has 11 heteroatoms. The topological polar surface area (TPSA) is 87.5 Å². The molecule has 0 atom stereocenters. The van der Waals surface area contributed by atoms with E-state index in [1.807, 2.05) is 0 Å². The maximum absolute atomic E-state index is 12.5.